The number of rotatable bonds is 5. The molecule has 2 amide bonds. The molecular weight excluding hydrogens is 307 g/mol. The molecule has 1 atom stereocenters. The van der Waals surface area contributed by atoms with E-state index in [4.69, 9.17) is 0 Å². The lowest BCUT2D eigenvalue weighted by molar-refractivity contribution is -0.122. The maximum Gasteiger partial charge on any atom is 0.227 e. The van der Waals surface area contributed by atoms with E-state index in [1.165, 1.54) is 6.07 Å². The molecule has 2 aromatic rings. The van der Waals surface area contributed by atoms with Gasteiger partial charge >= 0.3 is 0 Å². The summed E-state index contributed by atoms with van der Waals surface area (Å²) in [5, 5.41) is 5.58. The standard InChI is InChI=1S/C19H19FN2O2/c20-16-7-3-1-6-15(16)12-21-18(23)10-9-14-11-13-5-2-4-8-17(13)22-19(14)24/h1-8,14H,9-12H2,(H,21,23)(H,22,24)/t14-/m1/s1. The zero-order chi connectivity index (χ0) is 16.9. The van der Waals surface area contributed by atoms with Crippen LogP contribution in [0.5, 0.6) is 0 Å². The van der Waals surface area contributed by atoms with Crippen LogP contribution < -0.4 is 10.6 Å². The minimum absolute atomic E-state index is 0.0457. The van der Waals surface area contributed by atoms with Gasteiger partial charge in [-0.1, -0.05) is 36.4 Å². The van der Waals surface area contributed by atoms with Crippen molar-refractivity contribution in [3.8, 4) is 0 Å². The summed E-state index contributed by atoms with van der Waals surface area (Å²) in [4.78, 5) is 24.1. The number of carbonyl (C=O) groups excluding carboxylic acids is 2. The number of amides is 2. The Labute approximate surface area is 140 Å². The lowest BCUT2D eigenvalue weighted by Gasteiger charge is -2.24. The van der Waals surface area contributed by atoms with E-state index in [-0.39, 0.29) is 36.5 Å². The molecule has 1 aliphatic heterocycles. The second-order valence-electron chi connectivity index (χ2n) is 5.95. The van der Waals surface area contributed by atoms with E-state index in [0.29, 0.717) is 18.4 Å². The van der Waals surface area contributed by atoms with E-state index >= 15 is 0 Å². The molecule has 3 rings (SSSR count). The lowest BCUT2D eigenvalue weighted by Crippen LogP contribution is -2.31. The number of carbonyl (C=O) groups is 2. The molecule has 0 bridgehead atoms. The zero-order valence-electron chi connectivity index (χ0n) is 13.2. The minimum Gasteiger partial charge on any atom is -0.352 e. The Balaban J connectivity index is 1.50. The topological polar surface area (TPSA) is 58.2 Å². The van der Waals surface area contributed by atoms with Gasteiger partial charge in [-0.25, -0.2) is 4.39 Å². The Morgan fingerprint density at radius 2 is 1.92 bits per heavy atom. The van der Waals surface area contributed by atoms with Crippen LogP contribution >= 0.6 is 0 Å². The van der Waals surface area contributed by atoms with E-state index in [2.05, 4.69) is 10.6 Å². The fourth-order valence-corrected chi connectivity index (χ4v) is 2.88. The van der Waals surface area contributed by atoms with Crippen molar-refractivity contribution >= 4 is 17.5 Å². The molecule has 0 saturated heterocycles. The van der Waals surface area contributed by atoms with E-state index in [9.17, 15) is 14.0 Å². The van der Waals surface area contributed by atoms with Crippen molar-refractivity contribution in [3.63, 3.8) is 0 Å². The predicted octanol–water partition coefficient (Wildman–Crippen LogP) is 3.03. The molecule has 0 unspecified atom stereocenters. The highest BCUT2D eigenvalue weighted by Crippen LogP contribution is 2.27. The second kappa shape index (κ2) is 7.25. The summed E-state index contributed by atoms with van der Waals surface area (Å²) in [5.41, 5.74) is 2.40. The van der Waals surface area contributed by atoms with Gasteiger partial charge in [0.2, 0.25) is 11.8 Å². The van der Waals surface area contributed by atoms with Crippen LogP contribution in [0.4, 0.5) is 10.1 Å². The normalized spacial score (nSPS) is 16.2. The molecule has 0 aromatic heterocycles. The highest BCUT2D eigenvalue weighted by atomic mass is 19.1. The van der Waals surface area contributed by atoms with Gasteiger partial charge in [0, 0.05) is 30.1 Å². The van der Waals surface area contributed by atoms with Crippen molar-refractivity contribution < 1.29 is 14.0 Å². The van der Waals surface area contributed by atoms with Gasteiger partial charge in [0.05, 0.1) is 0 Å². The maximum absolute atomic E-state index is 13.5. The van der Waals surface area contributed by atoms with E-state index in [1.54, 1.807) is 18.2 Å². The average Bonchev–Trinajstić information content (AvgIpc) is 2.59. The van der Waals surface area contributed by atoms with Crippen molar-refractivity contribution in [1.82, 2.24) is 5.32 Å². The Hall–Kier alpha value is -2.69. The summed E-state index contributed by atoms with van der Waals surface area (Å²) in [6.07, 6.45) is 1.36. The Bertz CT molecular complexity index is 761. The fraction of sp³-hybridized carbons (Fsp3) is 0.263. The highest BCUT2D eigenvalue weighted by Gasteiger charge is 2.26. The number of hydrogen-bond donors (Lipinski definition) is 2. The molecule has 0 aliphatic carbocycles. The van der Waals surface area contributed by atoms with Crippen molar-refractivity contribution in [2.24, 2.45) is 5.92 Å². The third-order valence-electron chi connectivity index (χ3n) is 4.27. The Morgan fingerprint density at radius 3 is 2.75 bits per heavy atom. The molecule has 0 radical (unpaired) electrons. The zero-order valence-corrected chi connectivity index (χ0v) is 13.2. The number of anilines is 1. The van der Waals surface area contributed by atoms with Gasteiger partial charge in [0.1, 0.15) is 5.82 Å². The number of nitrogens with one attached hydrogen (secondary N) is 2. The predicted molar refractivity (Wildman–Crippen MR) is 89.7 cm³/mol. The minimum atomic E-state index is -0.332. The molecular formula is C19H19FN2O2. The summed E-state index contributed by atoms with van der Waals surface area (Å²) >= 11 is 0. The second-order valence-corrected chi connectivity index (χ2v) is 5.95. The first-order chi connectivity index (χ1) is 11.6. The van der Waals surface area contributed by atoms with Crippen LogP contribution in [0, 0.1) is 11.7 Å². The summed E-state index contributed by atoms with van der Waals surface area (Å²) in [6.45, 7) is 0.158. The third kappa shape index (κ3) is 3.79. The smallest absolute Gasteiger partial charge is 0.227 e. The largest absolute Gasteiger partial charge is 0.352 e. The summed E-state index contributed by atoms with van der Waals surface area (Å²) < 4.78 is 13.5. The van der Waals surface area contributed by atoms with Crippen molar-refractivity contribution in [2.75, 3.05) is 5.32 Å². The highest BCUT2D eigenvalue weighted by molar-refractivity contribution is 5.96. The quantitative estimate of drug-likeness (QED) is 0.887. The third-order valence-corrected chi connectivity index (χ3v) is 4.27. The van der Waals surface area contributed by atoms with Gasteiger partial charge < -0.3 is 10.6 Å². The van der Waals surface area contributed by atoms with E-state index in [0.717, 1.165) is 11.3 Å². The van der Waals surface area contributed by atoms with Crippen LogP contribution in [0.15, 0.2) is 48.5 Å². The number of benzene rings is 2. The lowest BCUT2D eigenvalue weighted by atomic mass is 9.89. The molecule has 4 nitrogen and oxygen atoms in total. The fourth-order valence-electron chi connectivity index (χ4n) is 2.88. The van der Waals surface area contributed by atoms with Gasteiger partial charge in [0.25, 0.3) is 0 Å². The number of hydrogen-bond acceptors (Lipinski definition) is 2. The van der Waals surface area contributed by atoms with Crippen LogP contribution in [0.25, 0.3) is 0 Å². The first-order valence-electron chi connectivity index (χ1n) is 8.02. The summed E-state index contributed by atoms with van der Waals surface area (Å²) in [5.74, 6) is -0.763. The molecule has 2 N–H and O–H groups in total. The van der Waals surface area contributed by atoms with Crippen molar-refractivity contribution in [2.45, 2.75) is 25.8 Å². The van der Waals surface area contributed by atoms with Gasteiger partial charge in [-0.3, -0.25) is 9.59 Å². The molecule has 2 aromatic carbocycles. The molecule has 1 heterocycles. The molecule has 5 heteroatoms. The van der Waals surface area contributed by atoms with Gasteiger partial charge in [-0.15, -0.1) is 0 Å². The van der Waals surface area contributed by atoms with Crippen LogP contribution in [0.1, 0.15) is 24.0 Å². The molecule has 0 fully saturated rings. The number of halogens is 1. The van der Waals surface area contributed by atoms with Gasteiger partial charge in [-0.2, -0.15) is 0 Å². The average molecular weight is 326 g/mol. The molecule has 1 aliphatic rings. The summed E-state index contributed by atoms with van der Waals surface area (Å²) in [6, 6.07) is 14.0. The monoisotopic (exact) mass is 326 g/mol. The van der Waals surface area contributed by atoms with Gasteiger partial charge in [-0.05, 0) is 30.5 Å². The molecule has 24 heavy (non-hydrogen) atoms. The van der Waals surface area contributed by atoms with E-state index < -0.39 is 0 Å². The van der Waals surface area contributed by atoms with Crippen LogP contribution in [-0.4, -0.2) is 11.8 Å². The SMILES string of the molecule is O=C(CC[C@@H]1Cc2ccccc2NC1=O)NCc1ccccc1F. The van der Waals surface area contributed by atoms with Crippen LogP contribution in [0.3, 0.4) is 0 Å². The first-order valence-corrected chi connectivity index (χ1v) is 8.02. The molecule has 0 saturated carbocycles. The number of fused-ring (bicyclic) bond motifs is 1. The first kappa shape index (κ1) is 16.2. The number of para-hydroxylation sites is 1. The van der Waals surface area contributed by atoms with Crippen molar-refractivity contribution in [3.05, 3.63) is 65.5 Å². The molecule has 0 spiro atoms. The Kier molecular flexibility index (Phi) is 4.89. The molecule has 124 valence electrons. The van der Waals surface area contributed by atoms with Crippen LogP contribution in [-0.2, 0) is 22.6 Å². The Morgan fingerprint density at radius 1 is 1.17 bits per heavy atom. The summed E-state index contributed by atoms with van der Waals surface area (Å²) in [7, 11) is 0. The van der Waals surface area contributed by atoms with E-state index in [1.807, 2.05) is 24.3 Å². The van der Waals surface area contributed by atoms with Gasteiger partial charge in [0.15, 0.2) is 0 Å². The van der Waals surface area contributed by atoms with Crippen molar-refractivity contribution in [1.29, 1.82) is 0 Å². The van der Waals surface area contributed by atoms with Crippen LogP contribution in [0.2, 0.25) is 0 Å². The maximum atomic E-state index is 13.5.